The van der Waals surface area contributed by atoms with Crippen molar-refractivity contribution in [3.05, 3.63) is 65.4 Å². The van der Waals surface area contributed by atoms with Gasteiger partial charge >= 0.3 is 5.97 Å². The summed E-state index contributed by atoms with van der Waals surface area (Å²) in [5.41, 5.74) is 4.62. The van der Waals surface area contributed by atoms with Crippen molar-refractivity contribution in [2.75, 3.05) is 11.9 Å². The summed E-state index contributed by atoms with van der Waals surface area (Å²) in [6.07, 6.45) is 2.06. The van der Waals surface area contributed by atoms with Gasteiger partial charge in [-0.2, -0.15) is 0 Å². The molecular formula is C23H25N3O4. The third-order valence-corrected chi connectivity index (χ3v) is 4.90. The minimum Gasteiger partial charge on any atom is -0.454 e. The second-order valence-electron chi connectivity index (χ2n) is 7.27. The van der Waals surface area contributed by atoms with Crippen LogP contribution < -0.4 is 10.6 Å². The molecule has 1 atom stereocenters. The van der Waals surface area contributed by atoms with Crippen LogP contribution in [-0.2, 0) is 25.5 Å². The number of amides is 2. The number of carbonyl (C=O) groups excluding carboxylic acids is 3. The van der Waals surface area contributed by atoms with Crippen molar-refractivity contribution in [1.82, 2.24) is 10.3 Å². The highest BCUT2D eigenvalue weighted by atomic mass is 16.5. The fourth-order valence-electron chi connectivity index (χ4n) is 3.21. The Bertz CT molecular complexity index is 1090. The van der Waals surface area contributed by atoms with Gasteiger partial charge in [-0.1, -0.05) is 24.3 Å². The number of fused-ring (bicyclic) bond motifs is 1. The first-order chi connectivity index (χ1) is 14.3. The Balaban J connectivity index is 1.62. The lowest BCUT2D eigenvalue weighted by Gasteiger charge is -2.16. The van der Waals surface area contributed by atoms with Crippen LogP contribution in [0.2, 0.25) is 0 Å². The van der Waals surface area contributed by atoms with Gasteiger partial charge in [-0.25, -0.2) is 4.79 Å². The second kappa shape index (κ2) is 9.26. The maximum atomic E-state index is 12.6. The van der Waals surface area contributed by atoms with Crippen LogP contribution in [0.4, 0.5) is 5.69 Å². The zero-order valence-electron chi connectivity index (χ0n) is 17.2. The van der Waals surface area contributed by atoms with Crippen LogP contribution in [0.15, 0.2) is 48.7 Å². The largest absolute Gasteiger partial charge is 0.454 e. The van der Waals surface area contributed by atoms with E-state index in [9.17, 15) is 14.4 Å². The number of aromatic amines is 1. The number of nitrogens with one attached hydrogen (secondary N) is 3. The van der Waals surface area contributed by atoms with Gasteiger partial charge in [-0.15, -0.1) is 0 Å². The van der Waals surface area contributed by atoms with Gasteiger partial charge in [-0.3, -0.25) is 9.59 Å². The first kappa shape index (κ1) is 21.1. The number of benzene rings is 2. The summed E-state index contributed by atoms with van der Waals surface area (Å²) < 4.78 is 5.18. The summed E-state index contributed by atoms with van der Waals surface area (Å²) in [7, 11) is 0. The number of hydrogen-bond donors (Lipinski definition) is 3. The summed E-state index contributed by atoms with van der Waals surface area (Å²) in [4.78, 5) is 39.5. The number of aromatic nitrogens is 1. The van der Waals surface area contributed by atoms with Crippen LogP contribution >= 0.6 is 0 Å². The van der Waals surface area contributed by atoms with Gasteiger partial charge in [0.1, 0.15) is 6.04 Å². The lowest BCUT2D eigenvalue weighted by molar-refractivity contribution is -0.150. The molecule has 1 aromatic heterocycles. The molecule has 0 fully saturated rings. The van der Waals surface area contributed by atoms with Crippen molar-refractivity contribution in [1.29, 1.82) is 0 Å². The van der Waals surface area contributed by atoms with Gasteiger partial charge in [0.25, 0.3) is 5.91 Å². The quantitative estimate of drug-likeness (QED) is 0.524. The van der Waals surface area contributed by atoms with Crippen LogP contribution in [0.3, 0.4) is 0 Å². The summed E-state index contributed by atoms with van der Waals surface area (Å²) >= 11 is 0. The van der Waals surface area contributed by atoms with Crippen LogP contribution in [0.25, 0.3) is 10.9 Å². The Morgan fingerprint density at radius 3 is 2.57 bits per heavy atom. The van der Waals surface area contributed by atoms with Crippen LogP contribution in [0.1, 0.15) is 23.6 Å². The molecule has 0 aliphatic rings. The van der Waals surface area contributed by atoms with Gasteiger partial charge < -0.3 is 20.4 Å². The lowest BCUT2D eigenvalue weighted by atomic mass is 10.0. The molecule has 0 spiro atoms. The monoisotopic (exact) mass is 407 g/mol. The number of rotatable bonds is 7. The first-order valence-electron chi connectivity index (χ1n) is 9.69. The number of aryl methyl sites for hydroxylation is 2. The predicted octanol–water partition coefficient (Wildman–Crippen LogP) is 3.01. The molecule has 3 aromatic rings. The first-order valence-corrected chi connectivity index (χ1v) is 9.69. The molecule has 0 saturated carbocycles. The van der Waals surface area contributed by atoms with E-state index in [0.29, 0.717) is 5.69 Å². The molecule has 7 nitrogen and oxygen atoms in total. The summed E-state index contributed by atoms with van der Waals surface area (Å²) in [5, 5.41) is 6.28. The second-order valence-corrected chi connectivity index (χ2v) is 7.27. The number of para-hydroxylation sites is 1. The highest BCUT2D eigenvalue weighted by molar-refractivity contribution is 5.94. The van der Waals surface area contributed by atoms with Crippen molar-refractivity contribution < 1.29 is 19.1 Å². The number of anilines is 1. The maximum absolute atomic E-state index is 12.6. The van der Waals surface area contributed by atoms with Crippen molar-refractivity contribution in [2.45, 2.75) is 33.2 Å². The average molecular weight is 407 g/mol. The van der Waals surface area contributed by atoms with E-state index in [-0.39, 0.29) is 12.3 Å². The molecule has 0 aliphatic heterocycles. The van der Waals surface area contributed by atoms with E-state index >= 15 is 0 Å². The number of H-pyrrole nitrogens is 1. The Morgan fingerprint density at radius 1 is 1.07 bits per heavy atom. The number of ether oxygens (including phenoxy) is 1. The van der Waals surface area contributed by atoms with E-state index in [1.165, 1.54) is 6.92 Å². The van der Waals surface area contributed by atoms with Crippen molar-refractivity contribution in [2.24, 2.45) is 0 Å². The maximum Gasteiger partial charge on any atom is 0.329 e. The number of hydrogen-bond acceptors (Lipinski definition) is 4. The molecule has 2 amide bonds. The molecule has 3 N–H and O–H groups in total. The third kappa shape index (κ3) is 5.26. The molecule has 0 aliphatic carbocycles. The highest BCUT2D eigenvalue weighted by Gasteiger charge is 2.23. The fourth-order valence-corrected chi connectivity index (χ4v) is 3.21. The van der Waals surface area contributed by atoms with Crippen molar-refractivity contribution >= 4 is 34.4 Å². The fraction of sp³-hybridized carbons (Fsp3) is 0.261. The molecule has 0 saturated heterocycles. The average Bonchev–Trinajstić information content (AvgIpc) is 3.11. The van der Waals surface area contributed by atoms with E-state index in [1.54, 1.807) is 12.3 Å². The van der Waals surface area contributed by atoms with Crippen LogP contribution in [0, 0.1) is 13.8 Å². The topological polar surface area (TPSA) is 100 Å². The minimum atomic E-state index is -0.892. The van der Waals surface area contributed by atoms with E-state index in [0.717, 1.165) is 27.6 Å². The highest BCUT2D eigenvalue weighted by Crippen LogP contribution is 2.19. The Morgan fingerprint density at radius 2 is 1.83 bits per heavy atom. The van der Waals surface area contributed by atoms with Crippen molar-refractivity contribution in [3.8, 4) is 0 Å². The molecule has 0 radical (unpaired) electrons. The molecule has 1 unspecified atom stereocenters. The minimum absolute atomic E-state index is 0.251. The normalized spacial score (nSPS) is 11.7. The molecule has 1 heterocycles. The van der Waals surface area contributed by atoms with E-state index in [4.69, 9.17) is 4.74 Å². The molecule has 7 heteroatoms. The summed E-state index contributed by atoms with van der Waals surface area (Å²) in [6, 6.07) is 12.3. The van der Waals surface area contributed by atoms with Gasteiger partial charge in [0.15, 0.2) is 6.61 Å². The van der Waals surface area contributed by atoms with E-state index in [1.807, 2.05) is 50.2 Å². The predicted molar refractivity (Wildman–Crippen MR) is 115 cm³/mol. The lowest BCUT2D eigenvalue weighted by Crippen LogP contribution is -2.43. The molecule has 2 aromatic carbocycles. The molecule has 0 bridgehead atoms. The van der Waals surface area contributed by atoms with Gasteiger partial charge in [0.2, 0.25) is 5.91 Å². The Labute approximate surface area is 174 Å². The molecule has 156 valence electrons. The Kier molecular flexibility index (Phi) is 6.51. The zero-order valence-corrected chi connectivity index (χ0v) is 17.2. The van der Waals surface area contributed by atoms with Crippen molar-refractivity contribution in [3.63, 3.8) is 0 Å². The van der Waals surface area contributed by atoms with Crippen LogP contribution in [0.5, 0.6) is 0 Å². The zero-order chi connectivity index (χ0) is 21.7. The summed E-state index contributed by atoms with van der Waals surface area (Å²) in [6.45, 7) is 4.84. The number of esters is 1. The third-order valence-electron chi connectivity index (χ3n) is 4.90. The van der Waals surface area contributed by atoms with Gasteiger partial charge in [0.05, 0.1) is 0 Å². The van der Waals surface area contributed by atoms with E-state index < -0.39 is 24.5 Å². The molecule has 30 heavy (non-hydrogen) atoms. The van der Waals surface area contributed by atoms with Gasteiger partial charge in [0, 0.05) is 36.1 Å². The Hall–Kier alpha value is -3.61. The standard InChI is InChI=1S/C23H25N3O4/c1-14-8-9-18(10-15(14)2)26-22(28)13-30-23(29)21(25-16(3)27)11-17-12-24-20-7-5-4-6-19(17)20/h4-10,12,21,24H,11,13H2,1-3H3,(H,25,27)(H,26,28). The smallest absolute Gasteiger partial charge is 0.329 e. The summed E-state index contributed by atoms with van der Waals surface area (Å²) in [5.74, 6) is -1.46. The SMILES string of the molecule is CC(=O)NC(Cc1c[nH]c2ccccc12)C(=O)OCC(=O)Nc1ccc(C)c(C)c1. The van der Waals surface area contributed by atoms with Crippen LogP contribution in [-0.4, -0.2) is 35.4 Å². The number of carbonyl (C=O) groups is 3. The molecule has 3 rings (SSSR count). The molecular weight excluding hydrogens is 382 g/mol. The van der Waals surface area contributed by atoms with E-state index in [2.05, 4.69) is 15.6 Å². The van der Waals surface area contributed by atoms with Gasteiger partial charge in [-0.05, 0) is 48.7 Å².